The van der Waals surface area contributed by atoms with Crippen LogP contribution in [-0.2, 0) is 11.7 Å². The second-order valence-corrected chi connectivity index (χ2v) is 4.82. The Kier molecular flexibility index (Phi) is 3.33. The molecule has 6 heteroatoms. The largest absolute Gasteiger partial charge is 0.433 e. The van der Waals surface area contributed by atoms with E-state index in [-0.39, 0.29) is 6.10 Å². The molecule has 0 aromatic carbocycles. The maximum absolute atomic E-state index is 12.4. The minimum Gasteiger partial charge on any atom is -0.393 e. The number of pyridine rings is 1. The van der Waals surface area contributed by atoms with E-state index in [1.807, 2.05) is 0 Å². The van der Waals surface area contributed by atoms with Crippen molar-refractivity contribution in [1.82, 2.24) is 4.98 Å². The highest BCUT2D eigenvalue weighted by Crippen LogP contribution is 2.35. The van der Waals surface area contributed by atoms with Gasteiger partial charge in [-0.2, -0.15) is 13.2 Å². The number of nitrogens with zero attached hydrogens (tertiary/aromatic N) is 1. The molecule has 1 aliphatic rings. The van der Waals surface area contributed by atoms with Gasteiger partial charge in [0.05, 0.1) is 6.10 Å². The Morgan fingerprint density at radius 3 is 2.33 bits per heavy atom. The van der Waals surface area contributed by atoms with Crippen LogP contribution in [0, 0.1) is 0 Å². The van der Waals surface area contributed by atoms with E-state index >= 15 is 0 Å². The van der Waals surface area contributed by atoms with E-state index in [0.29, 0.717) is 31.2 Å². The standard InChI is InChI=1S/C12H15F3N2O/c13-12(14,15)10-2-1-8(7-17-10)11(16)5-3-9(18)4-6-11/h1-2,7,9,18H,3-6,16H2. The Hall–Kier alpha value is -1.14. The summed E-state index contributed by atoms with van der Waals surface area (Å²) in [7, 11) is 0. The summed E-state index contributed by atoms with van der Waals surface area (Å²) < 4.78 is 37.1. The predicted octanol–water partition coefficient (Wildman–Crippen LogP) is 2.19. The molecule has 1 saturated carbocycles. The summed E-state index contributed by atoms with van der Waals surface area (Å²) in [4.78, 5) is 3.42. The Morgan fingerprint density at radius 2 is 1.89 bits per heavy atom. The van der Waals surface area contributed by atoms with Gasteiger partial charge in [0.15, 0.2) is 0 Å². The van der Waals surface area contributed by atoms with Crippen LogP contribution in [0.4, 0.5) is 13.2 Å². The van der Waals surface area contributed by atoms with Crippen molar-refractivity contribution in [3.8, 4) is 0 Å². The zero-order valence-corrected chi connectivity index (χ0v) is 9.74. The number of nitrogens with two attached hydrogens (primary N) is 1. The lowest BCUT2D eigenvalue weighted by Gasteiger charge is -2.35. The van der Waals surface area contributed by atoms with Crippen molar-refractivity contribution < 1.29 is 18.3 Å². The van der Waals surface area contributed by atoms with Crippen LogP contribution in [0.2, 0.25) is 0 Å². The van der Waals surface area contributed by atoms with Gasteiger partial charge in [-0.15, -0.1) is 0 Å². The smallest absolute Gasteiger partial charge is 0.393 e. The van der Waals surface area contributed by atoms with Gasteiger partial charge in [0.1, 0.15) is 5.69 Å². The van der Waals surface area contributed by atoms with Gasteiger partial charge in [0.2, 0.25) is 0 Å². The Bertz CT molecular complexity index is 408. The van der Waals surface area contributed by atoms with Gasteiger partial charge in [-0.1, -0.05) is 6.07 Å². The molecule has 100 valence electrons. The molecule has 0 saturated heterocycles. The number of aliphatic hydroxyl groups excluding tert-OH is 1. The Labute approximate surface area is 103 Å². The lowest BCUT2D eigenvalue weighted by molar-refractivity contribution is -0.141. The first-order valence-corrected chi connectivity index (χ1v) is 5.82. The number of aromatic nitrogens is 1. The maximum atomic E-state index is 12.4. The van der Waals surface area contributed by atoms with Crippen LogP contribution in [0.5, 0.6) is 0 Å². The molecule has 1 heterocycles. The molecule has 3 N–H and O–H groups in total. The molecule has 18 heavy (non-hydrogen) atoms. The van der Waals surface area contributed by atoms with E-state index in [0.717, 1.165) is 6.07 Å². The molecule has 1 aromatic rings. The molecule has 0 atom stereocenters. The molecule has 3 nitrogen and oxygen atoms in total. The molecule has 0 radical (unpaired) electrons. The summed E-state index contributed by atoms with van der Waals surface area (Å²) in [5, 5.41) is 9.42. The topological polar surface area (TPSA) is 59.1 Å². The average Bonchev–Trinajstić information content (AvgIpc) is 2.32. The van der Waals surface area contributed by atoms with Gasteiger partial charge in [0.25, 0.3) is 0 Å². The second-order valence-electron chi connectivity index (χ2n) is 4.82. The summed E-state index contributed by atoms with van der Waals surface area (Å²) in [5.41, 5.74) is 5.19. The van der Waals surface area contributed by atoms with Crippen molar-refractivity contribution in [2.24, 2.45) is 5.73 Å². The van der Waals surface area contributed by atoms with E-state index < -0.39 is 17.4 Å². The molecule has 1 aliphatic carbocycles. The minimum absolute atomic E-state index is 0.357. The van der Waals surface area contributed by atoms with Crippen molar-refractivity contribution in [2.45, 2.75) is 43.5 Å². The highest BCUT2D eigenvalue weighted by atomic mass is 19.4. The molecule has 0 bridgehead atoms. The molecule has 0 aliphatic heterocycles. The van der Waals surface area contributed by atoms with Crippen LogP contribution in [0.3, 0.4) is 0 Å². The van der Waals surface area contributed by atoms with Crippen molar-refractivity contribution in [3.05, 3.63) is 29.6 Å². The van der Waals surface area contributed by atoms with Crippen LogP contribution in [0.25, 0.3) is 0 Å². The fraction of sp³-hybridized carbons (Fsp3) is 0.583. The SMILES string of the molecule is NC1(c2ccc(C(F)(F)F)nc2)CCC(O)CC1. The molecule has 0 unspecified atom stereocenters. The molecular weight excluding hydrogens is 245 g/mol. The van der Waals surface area contributed by atoms with Crippen molar-refractivity contribution >= 4 is 0 Å². The third-order valence-electron chi connectivity index (χ3n) is 3.48. The van der Waals surface area contributed by atoms with Gasteiger partial charge in [0, 0.05) is 11.7 Å². The zero-order chi connectivity index (χ0) is 13.4. The fourth-order valence-electron chi connectivity index (χ4n) is 2.26. The highest BCUT2D eigenvalue weighted by molar-refractivity contribution is 5.24. The van der Waals surface area contributed by atoms with Crippen LogP contribution < -0.4 is 5.73 Å². The number of alkyl halides is 3. The normalized spacial score (nSPS) is 29.3. The lowest BCUT2D eigenvalue weighted by atomic mass is 9.77. The van der Waals surface area contributed by atoms with Crippen molar-refractivity contribution in [1.29, 1.82) is 0 Å². The highest BCUT2D eigenvalue weighted by Gasteiger charge is 2.35. The lowest BCUT2D eigenvalue weighted by Crippen LogP contribution is -2.41. The third kappa shape index (κ3) is 2.64. The number of hydrogen-bond acceptors (Lipinski definition) is 3. The summed E-state index contributed by atoms with van der Waals surface area (Å²) in [6, 6.07) is 2.34. The van der Waals surface area contributed by atoms with Crippen LogP contribution in [0.15, 0.2) is 18.3 Å². The van der Waals surface area contributed by atoms with Gasteiger partial charge in [-0.25, -0.2) is 0 Å². The van der Waals surface area contributed by atoms with Gasteiger partial charge < -0.3 is 10.8 Å². The second kappa shape index (κ2) is 4.51. The summed E-state index contributed by atoms with van der Waals surface area (Å²) >= 11 is 0. The van der Waals surface area contributed by atoms with E-state index in [1.165, 1.54) is 12.3 Å². The fourth-order valence-corrected chi connectivity index (χ4v) is 2.26. The number of halogens is 3. The van der Waals surface area contributed by atoms with E-state index in [4.69, 9.17) is 5.73 Å². The third-order valence-corrected chi connectivity index (χ3v) is 3.48. The molecule has 2 rings (SSSR count). The van der Waals surface area contributed by atoms with E-state index in [9.17, 15) is 18.3 Å². The van der Waals surface area contributed by atoms with Crippen molar-refractivity contribution in [2.75, 3.05) is 0 Å². The zero-order valence-electron chi connectivity index (χ0n) is 9.74. The first kappa shape index (κ1) is 13.3. The Balaban J connectivity index is 2.19. The molecule has 0 amide bonds. The first-order valence-electron chi connectivity index (χ1n) is 5.82. The molecular formula is C12H15F3N2O. The average molecular weight is 260 g/mol. The summed E-state index contributed by atoms with van der Waals surface area (Å²) in [6.07, 6.45) is -1.34. The maximum Gasteiger partial charge on any atom is 0.433 e. The van der Waals surface area contributed by atoms with Crippen LogP contribution in [-0.4, -0.2) is 16.2 Å². The van der Waals surface area contributed by atoms with E-state index in [1.54, 1.807) is 0 Å². The number of hydrogen-bond donors (Lipinski definition) is 2. The molecule has 0 spiro atoms. The summed E-state index contributed by atoms with van der Waals surface area (Å²) in [5.74, 6) is 0. The quantitative estimate of drug-likeness (QED) is 0.813. The van der Waals surface area contributed by atoms with Crippen LogP contribution in [0.1, 0.15) is 36.9 Å². The number of rotatable bonds is 1. The summed E-state index contributed by atoms with van der Waals surface area (Å²) in [6.45, 7) is 0. The van der Waals surface area contributed by atoms with Gasteiger partial charge in [-0.05, 0) is 37.3 Å². The predicted molar refractivity (Wildman–Crippen MR) is 59.6 cm³/mol. The minimum atomic E-state index is -4.43. The number of aliphatic hydroxyl groups is 1. The van der Waals surface area contributed by atoms with Gasteiger partial charge >= 0.3 is 6.18 Å². The first-order chi connectivity index (χ1) is 8.31. The van der Waals surface area contributed by atoms with E-state index in [2.05, 4.69) is 4.98 Å². The Morgan fingerprint density at radius 1 is 1.28 bits per heavy atom. The molecule has 1 fully saturated rings. The van der Waals surface area contributed by atoms with Crippen molar-refractivity contribution in [3.63, 3.8) is 0 Å². The van der Waals surface area contributed by atoms with Gasteiger partial charge in [-0.3, -0.25) is 4.98 Å². The molecule has 1 aromatic heterocycles. The monoisotopic (exact) mass is 260 g/mol. The van der Waals surface area contributed by atoms with Crippen LogP contribution >= 0.6 is 0 Å².